The van der Waals surface area contributed by atoms with Crippen molar-refractivity contribution < 1.29 is 22.3 Å². The van der Waals surface area contributed by atoms with Gasteiger partial charge in [-0.25, -0.2) is 22.8 Å². The van der Waals surface area contributed by atoms with E-state index in [2.05, 4.69) is 15.3 Å². The van der Waals surface area contributed by atoms with Crippen LogP contribution in [0.15, 0.2) is 47.5 Å². The number of nitrogens with zero attached hydrogens (tertiary/aromatic N) is 3. The number of hydrogen-bond donors (Lipinski definition) is 1. The van der Waals surface area contributed by atoms with Crippen molar-refractivity contribution >= 4 is 33.3 Å². The molecule has 1 aliphatic rings. The van der Waals surface area contributed by atoms with Crippen molar-refractivity contribution in [2.45, 2.75) is 17.9 Å². The predicted molar refractivity (Wildman–Crippen MR) is 118 cm³/mol. The summed E-state index contributed by atoms with van der Waals surface area (Å²) >= 11 is 5.76. The Morgan fingerprint density at radius 3 is 2.50 bits per heavy atom. The molecule has 32 heavy (non-hydrogen) atoms. The summed E-state index contributed by atoms with van der Waals surface area (Å²) in [4.78, 5) is 8.80. The number of nitrogens with one attached hydrogen (secondary N) is 1. The average Bonchev–Trinajstić information content (AvgIpc) is 2.80. The monoisotopic (exact) mass is 478 g/mol. The first kappa shape index (κ1) is 22.3. The van der Waals surface area contributed by atoms with E-state index in [9.17, 15) is 12.8 Å². The number of halogens is 2. The molecule has 2 heterocycles. The van der Waals surface area contributed by atoms with Gasteiger partial charge in [-0.05, 0) is 18.2 Å². The van der Waals surface area contributed by atoms with Crippen molar-refractivity contribution in [2.75, 3.05) is 26.1 Å². The van der Waals surface area contributed by atoms with Crippen molar-refractivity contribution in [3.05, 3.63) is 64.7 Å². The van der Waals surface area contributed by atoms with Crippen LogP contribution in [0, 0.1) is 5.82 Å². The second-order valence-electron chi connectivity index (χ2n) is 7.06. The molecule has 0 aliphatic carbocycles. The molecule has 0 amide bonds. The molecule has 2 aromatic carbocycles. The summed E-state index contributed by atoms with van der Waals surface area (Å²) in [7, 11) is -0.709. The number of aromatic nitrogens is 2. The van der Waals surface area contributed by atoms with Gasteiger partial charge in [0.1, 0.15) is 17.3 Å². The van der Waals surface area contributed by atoms with E-state index in [1.165, 1.54) is 10.4 Å². The zero-order chi connectivity index (χ0) is 22.9. The van der Waals surface area contributed by atoms with Gasteiger partial charge in [0.2, 0.25) is 16.0 Å². The highest BCUT2D eigenvalue weighted by Gasteiger charge is 2.30. The van der Waals surface area contributed by atoms with Crippen molar-refractivity contribution in [3.8, 4) is 11.5 Å². The van der Waals surface area contributed by atoms with Crippen LogP contribution in [0.3, 0.4) is 0 Å². The fraction of sp³-hybridized carbons (Fsp3) is 0.238. The van der Waals surface area contributed by atoms with Gasteiger partial charge in [0.15, 0.2) is 0 Å². The highest BCUT2D eigenvalue weighted by atomic mass is 35.5. The van der Waals surface area contributed by atoms with E-state index in [0.717, 1.165) is 17.8 Å². The lowest BCUT2D eigenvalue weighted by atomic mass is 10.1. The summed E-state index contributed by atoms with van der Waals surface area (Å²) in [5.74, 6) is 0.940. The van der Waals surface area contributed by atoms with Gasteiger partial charge in [-0.15, -0.1) is 0 Å². The lowest BCUT2D eigenvalue weighted by Crippen LogP contribution is -2.36. The van der Waals surface area contributed by atoms with Crippen LogP contribution in [0.25, 0.3) is 0 Å². The Balaban J connectivity index is 1.54. The average molecular weight is 479 g/mol. The van der Waals surface area contributed by atoms with E-state index >= 15 is 0 Å². The Kier molecular flexibility index (Phi) is 6.18. The molecule has 0 spiro atoms. The van der Waals surface area contributed by atoms with Crippen molar-refractivity contribution in [1.82, 2.24) is 14.3 Å². The van der Waals surface area contributed by atoms with Crippen molar-refractivity contribution in [3.63, 3.8) is 0 Å². The second-order valence-corrected chi connectivity index (χ2v) is 9.40. The molecule has 3 aromatic rings. The molecule has 4 rings (SSSR count). The van der Waals surface area contributed by atoms with Crippen LogP contribution in [0.4, 0.5) is 16.0 Å². The Labute approximate surface area is 190 Å². The lowest BCUT2D eigenvalue weighted by Gasteiger charge is -2.27. The molecule has 1 aliphatic heterocycles. The first-order valence-electron chi connectivity index (χ1n) is 9.60. The number of fused-ring (bicyclic) bond motifs is 1. The lowest BCUT2D eigenvalue weighted by molar-refractivity contribution is 0.387. The number of rotatable bonds is 6. The van der Waals surface area contributed by atoms with Crippen LogP contribution in [0.5, 0.6) is 11.5 Å². The Hall–Kier alpha value is -2.95. The molecule has 8 nitrogen and oxygen atoms in total. The summed E-state index contributed by atoms with van der Waals surface area (Å²) in [5, 5.41) is 2.88. The van der Waals surface area contributed by atoms with Crippen LogP contribution in [-0.2, 0) is 23.0 Å². The highest BCUT2D eigenvalue weighted by Crippen LogP contribution is 2.29. The first-order valence-corrected chi connectivity index (χ1v) is 11.4. The third-order valence-electron chi connectivity index (χ3n) is 5.04. The Morgan fingerprint density at radius 2 is 1.84 bits per heavy atom. The highest BCUT2D eigenvalue weighted by molar-refractivity contribution is 7.89. The Bertz CT molecular complexity index is 1250. The van der Waals surface area contributed by atoms with Gasteiger partial charge in [-0.2, -0.15) is 4.31 Å². The fourth-order valence-corrected chi connectivity index (χ4v) is 5.04. The summed E-state index contributed by atoms with van der Waals surface area (Å²) in [6, 6.07) is 8.69. The normalized spacial score (nSPS) is 14.0. The molecule has 1 N–H and O–H groups in total. The maximum absolute atomic E-state index is 13.4. The van der Waals surface area contributed by atoms with Crippen LogP contribution in [0.2, 0.25) is 5.02 Å². The smallest absolute Gasteiger partial charge is 0.243 e. The fourth-order valence-electron chi connectivity index (χ4n) is 3.35. The van der Waals surface area contributed by atoms with Gasteiger partial charge in [0.05, 0.1) is 29.8 Å². The molecule has 168 valence electrons. The number of hydrogen-bond acceptors (Lipinski definition) is 7. The number of benzene rings is 2. The molecule has 1 aromatic heterocycles. The third kappa shape index (κ3) is 4.47. The third-order valence-corrected chi connectivity index (χ3v) is 7.17. The number of sulfonamides is 1. The zero-order valence-electron chi connectivity index (χ0n) is 17.3. The molecule has 0 bridgehead atoms. The van der Waals surface area contributed by atoms with Crippen LogP contribution in [0.1, 0.15) is 11.3 Å². The largest absolute Gasteiger partial charge is 0.497 e. The molecular formula is C21H20ClFN4O4S. The summed E-state index contributed by atoms with van der Waals surface area (Å²) in [5.41, 5.74) is 2.14. The van der Waals surface area contributed by atoms with Gasteiger partial charge in [-0.3, -0.25) is 0 Å². The minimum atomic E-state index is -3.83. The topological polar surface area (TPSA) is 93.6 Å². The molecule has 0 radical (unpaired) electrons. The molecule has 0 unspecified atom stereocenters. The van der Waals surface area contributed by atoms with Gasteiger partial charge in [0, 0.05) is 55.2 Å². The standard InChI is InChI=1S/C21H20ClFN4O4S/c1-30-15-7-14(8-16(9-15)31-2)25-21-24-11-13-12-27(6-5-20(13)26-21)32(28,29)17-3-4-19(23)18(22)10-17/h3-4,7-11H,5-6,12H2,1-2H3,(H,24,25,26). The van der Waals surface area contributed by atoms with Gasteiger partial charge < -0.3 is 14.8 Å². The number of ether oxygens (including phenoxy) is 2. The number of anilines is 2. The minimum Gasteiger partial charge on any atom is -0.497 e. The predicted octanol–water partition coefficient (Wildman–Crippen LogP) is 3.78. The first-order chi connectivity index (χ1) is 15.3. The van der Waals surface area contributed by atoms with Crippen molar-refractivity contribution in [1.29, 1.82) is 0 Å². The van der Waals surface area contributed by atoms with Crippen molar-refractivity contribution in [2.24, 2.45) is 0 Å². The summed E-state index contributed by atoms with van der Waals surface area (Å²) in [6.07, 6.45) is 2.00. The van der Waals surface area contributed by atoms with E-state index in [0.29, 0.717) is 35.1 Å². The minimum absolute atomic E-state index is 0.0569. The molecular weight excluding hydrogens is 459 g/mol. The number of methoxy groups -OCH3 is 2. The van der Waals surface area contributed by atoms with E-state index < -0.39 is 15.8 Å². The molecule has 11 heteroatoms. The van der Waals surface area contributed by atoms with Crippen LogP contribution < -0.4 is 14.8 Å². The van der Waals surface area contributed by atoms with E-state index in [1.807, 2.05) is 0 Å². The van der Waals surface area contributed by atoms with Gasteiger partial charge >= 0.3 is 0 Å². The van der Waals surface area contributed by atoms with E-state index in [-0.39, 0.29) is 23.0 Å². The van der Waals surface area contributed by atoms with Gasteiger partial charge in [0.25, 0.3) is 0 Å². The molecule has 0 atom stereocenters. The van der Waals surface area contributed by atoms with Gasteiger partial charge in [-0.1, -0.05) is 11.6 Å². The molecule has 0 saturated heterocycles. The Morgan fingerprint density at radius 1 is 1.12 bits per heavy atom. The molecule has 0 saturated carbocycles. The quantitative estimate of drug-likeness (QED) is 0.576. The van der Waals surface area contributed by atoms with Crippen LogP contribution in [-0.4, -0.2) is 43.5 Å². The summed E-state index contributed by atoms with van der Waals surface area (Å²) in [6.45, 7) is 0.341. The van der Waals surface area contributed by atoms with Crippen LogP contribution >= 0.6 is 11.6 Å². The second kappa shape index (κ2) is 8.89. The summed E-state index contributed by atoms with van der Waals surface area (Å²) < 4.78 is 51.2. The SMILES string of the molecule is COc1cc(Nc2ncc3c(n2)CCN(S(=O)(=O)c2ccc(F)c(Cl)c2)C3)cc(OC)c1. The maximum atomic E-state index is 13.4. The van der Waals surface area contributed by atoms with E-state index in [4.69, 9.17) is 21.1 Å². The zero-order valence-corrected chi connectivity index (χ0v) is 18.9. The maximum Gasteiger partial charge on any atom is 0.243 e. The van der Waals surface area contributed by atoms with E-state index in [1.54, 1.807) is 38.6 Å². The molecule has 0 fully saturated rings.